The van der Waals surface area contributed by atoms with E-state index in [2.05, 4.69) is 36.4 Å². The lowest BCUT2D eigenvalue weighted by Gasteiger charge is -2.28. The molecule has 0 aromatic rings. The molecule has 94 valence electrons. The van der Waals surface area contributed by atoms with Crippen molar-refractivity contribution in [2.24, 2.45) is 5.92 Å². The number of thiol groups is 1. The van der Waals surface area contributed by atoms with Gasteiger partial charge in [0.25, 0.3) is 0 Å². The Labute approximate surface area is 106 Å². The smallest absolute Gasteiger partial charge is 0.0223 e. The normalized spacial score (nSPS) is 33.9. The molecule has 2 heterocycles. The van der Waals surface area contributed by atoms with Crippen molar-refractivity contribution < 1.29 is 0 Å². The average molecular weight is 242 g/mol. The van der Waals surface area contributed by atoms with Crippen LogP contribution in [-0.4, -0.2) is 54.3 Å². The van der Waals surface area contributed by atoms with Crippen LogP contribution in [0.1, 0.15) is 32.6 Å². The van der Waals surface area contributed by atoms with Crippen molar-refractivity contribution in [1.82, 2.24) is 9.80 Å². The highest BCUT2D eigenvalue weighted by atomic mass is 32.1. The summed E-state index contributed by atoms with van der Waals surface area (Å²) >= 11 is 4.46. The van der Waals surface area contributed by atoms with Gasteiger partial charge in [0.15, 0.2) is 0 Å². The summed E-state index contributed by atoms with van der Waals surface area (Å²) in [4.78, 5) is 5.31. The first-order valence-corrected chi connectivity index (χ1v) is 7.43. The second-order valence-corrected chi connectivity index (χ2v) is 5.92. The average Bonchev–Trinajstić information content (AvgIpc) is 2.53. The number of hydrogen-bond donors (Lipinski definition) is 1. The largest absolute Gasteiger partial charge is 0.301 e. The summed E-state index contributed by atoms with van der Waals surface area (Å²) in [5.41, 5.74) is 0. The van der Waals surface area contributed by atoms with Crippen LogP contribution in [0.25, 0.3) is 0 Å². The van der Waals surface area contributed by atoms with E-state index < -0.39 is 0 Å². The third-order valence-corrected chi connectivity index (χ3v) is 5.10. The first kappa shape index (κ1) is 12.7. The Kier molecular flexibility index (Phi) is 4.57. The number of nitrogens with zero attached hydrogens (tertiary/aromatic N) is 2. The topological polar surface area (TPSA) is 6.48 Å². The van der Waals surface area contributed by atoms with Crippen molar-refractivity contribution in [2.45, 2.75) is 44.7 Å². The molecule has 2 rings (SSSR count). The van der Waals surface area contributed by atoms with E-state index in [-0.39, 0.29) is 0 Å². The van der Waals surface area contributed by atoms with Crippen LogP contribution in [0.15, 0.2) is 0 Å². The molecule has 0 N–H and O–H groups in total. The van der Waals surface area contributed by atoms with Gasteiger partial charge in [-0.25, -0.2) is 0 Å². The van der Waals surface area contributed by atoms with Gasteiger partial charge in [0, 0.05) is 25.2 Å². The molecule has 3 atom stereocenters. The molecule has 0 radical (unpaired) electrons. The Morgan fingerprint density at radius 3 is 2.69 bits per heavy atom. The molecule has 3 unspecified atom stereocenters. The van der Waals surface area contributed by atoms with Gasteiger partial charge in [-0.2, -0.15) is 12.6 Å². The van der Waals surface area contributed by atoms with Crippen molar-refractivity contribution in [3.05, 3.63) is 0 Å². The zero-order chi connectivity index (χ0) is 11.5. The third-order valence-electron chi connectivity index (χ3n) is 4.58. The fraction of sp³-hybridized carbons (Fsp3) is 1.00. The maximum atomic E-state index is 4.46. The summed E-state index contributed by atoms with van der Waals surface area (Å²) in [5.74, 6) is 1.82. The van der Waals surface area contributed by atoms with Crippen LogP contribution < -0.4 is 0 Å². The second kappa shape index (κ2) is 5.74. The Hall–Kier alpha value is 0.270. The Bertz CT molecular complexity index is 218. The van der Waals surface area contributed by atoms with E-state index in [1.54, 1.807) is 0 Å². The van der Waals surface area contributed by atoms with Crippen LogP contribution >= 0.6 is 12.6 Å². The van der Waals surface area contributed by atoms with Gasteiger partial charge in [-0.1, -0.05) is 13.3 Å². The summed E-state index contributed by atoms with van der Waals surface area (Å²) < 4.78 is 0. The number of fused-ring (bicyclic) bond motifs is 2. The van der Waals surface area contributed by atoms with Crippen molar-refractivity contribution in [2.75, 3.05) is 32.4 Å². The minimum atomic E-state index is 0.783. The molecule has 0 aromatic heterocycles. The Balaban J connectivity index is 1.88. The van der Waals surface area contributed by atoms with E-state index in [0.29, 0.717) is 0 Å². The zero-order valence-corrected chi connectivity index (χ0v) is 11.6. The molecule has 16 heavy (non-hydrogen) atoms. The SMILES string of the molecule is CCC(CS)CN1CCC2CCC(C1)N2C. The van der Waals surface area contributed by atoms with Crippen molar-refractivity contribution in [3.63, 3.8) is 0 Å². The summed E-state index contributed by atoms with van der Waals surface area (Å²) in [6, 6.07) is 1.69. The van der Waals surface area contributed by atoms with Crippen molar-refractivity contribution in [1.29, 1.82) is 0 Å². The Morgan fingerprint density at radius 2 is 2.00 bits per heavy atom. The highest BCUT2D eigenvalue weighted by molar-refractivity contribution is 7.80. The lowest BCUT2D eigenvalue weighted by Crippen LogP contribution is -2.38. The van der Waals surface area contributed by atoms with Gasteiger partial charge in [-0.3, -0.25) is 4.90 Å². The van der Waals surface area contributed by atoms with Crippen LogP contribution in [-0.2, 0) is 0 Å². The van der Waals surface area contributed by atoms with E-state index in [0.717, 1.165) is 23.8 Å². The van der Waals surface area contributed by atoms with E-state index in [1.807, 2.05) is 0 Å². The standard InChI is InChI=1S/C13H26N2S/c1-3-11(10-16)8-15-7-6-12-4-5-13(9-15)14(12)2/h11-13,16H,3-10H2,1-2H3. The monoisotopic (exact) mass is 242 g/mol. The molecule has 0 amide bonds. The number of likely N-dealkylation sites (N-methyl/N-ethyl adjacent to an activating group) is 1. The lowest BCUT2D eigenvalue weighted by atomic mass is 10.1. The summed E-state index contributed by atoms with van der Waals surface area (Å²) in [7, 11) is 2.32. The summed E-state index contributed by atoms with van der Waals surface area (Å²) in [6.45, 7) is 6.14. The molecule has 2 aliphatic heterocycles. The van der Waals surface area contributed by atoms with Gasteiger partial charge in [0.05, 0.1) is 0 Å². The third kappa shape index (κ3) is 2.74. The molecule has 2 nitrogen and oxygen atoms in total. The molecule has 3 heteroatoms. The van der Waals surface area contributed by atoms with Crippen LogP contribution in [0.3, 0.4) is 0 Å². The van der Waals surface area contributed by atoms with Crippen LogP contribution in [0.5, 0.6) is 0 Å². The van der Waals surface area contributed by atoms with Crippen LogP contribution in [0.4, 0.5) is 0 Å². The fourth-order valence-corrected chi connectivity index (χ4v) is 3.60. The van der Waals surface area contributed by atoms with Crippen LogP contribution in [0.2, 0.25) is 0 Å². The van der Waals surface area contributed by atoms with Gasteiger partial charge in [0.2, 0.25) is 0 Å². The zero-order valence-electron chi connectivity index (χ0n) is 10.7. The molecule has 0 saturated carbocycles. The van der Waals surface area contributed by atoms with Gasteiger partial charge in [0.1, 0.15) is 0 Å². The van der Waals surface area contributed by atoms with E-state index >= 15 is 0 Å². The van der Waals surface area contributed by atoms with E-state index in [1.165, 1.54) is 45.3 Å². The molecule has 0 aliphatic carbocycles. The second-order valence-electron chi connectivity index (χ2n) is 5.56. The van der Waals surface area contributed by atoms with Crippen molar-refractivity contribution >= 4 is 12.6 Å². The number of rotatable bonds is 4. The summed E-state index contributed by atoms with van der Waals surface area (Å²) in [6.07, 6.45) is 5.48. The molecule has 2 bridgehead atoms. The van der Waals surface area contributed by atoms with Gasteiger partial charge >= 0.3 is 0 Å². The number of hydrogen-bond acceptors (Lipinski definition) is 3. The van der Waals surface area contributed by atoms with E-state index in [9.17, 15) is 0 Å². The molecular formula is C13H26N2S. The predicted molar refractivity (Wildman–Crippen MR) is 73.3 cm³/mol. The highest BCUT2D eigenvalue weighted by Gasteiger charge is 2.34. The quantitative estimate of drug-likeness (QED) is 0.754. The lowest BCUT2D eigenvalue weighted by molar-refractivity contribution is 0.201. The van der Waals surface area contributed by atoms with Crippen molar-refractivity contribution in [3.8, 4) is 0 Å². The van der Waals surface area contributed by atoms with Gasteiger partial charge < -0.3 is 4.90 Å². The maximum absolute atomic E-state index is 4.46. The summed E-state index contributed by atoms with van der Waals surface area (Å²) in [5, 5.41) is 0. The molecule has 0 spiro atoms. The highest BCUT2D eigenvalue weighted by Crippen LogP contribution is 2.28. The molecule has 2 fully saturated rings. The molecule has 2 aliphatic rings. The molecule has 2 saturated heterocycles. The first-order valence-electron chi connectivity index (χ1n) is 6.79. The minimum Gasteiger partial charge on any atom is -0.301 e. The minimum absolute atomic E-state index is 0.783. The predicted octanol–water partition coefficient (Wildman–Crippen LogP) is 2.11. The van der Waals surface area contributed by atoms with Gasteiger partial charge in [-0.05, 0) is 44.5 Å². The Morgan fingerprint density at radius 1 is 1.25 bits per heavy atom. The molecule has 0 aromatic carbocycles. The fourth-order valence-electron chi connectivity index (χ4n) is 3.23. The maximum Gasteiger partial charge on any atom is 0.0223 e. The van der Waals surface area contributed by atoms with Gasteiger partial charge in [-0.15, -0.1) is 0 Å². The number of likely N-dealkylation sites (tertiary alicyclic amines) is 1. The van der Waals surface area contributed by atoms with E-state index in [4.69, 9.17) is 0 Å². The van der Waals surface area contributed by atoms with Crippen LogP contribution in [0, 0.1) is 5.92 Å². The molecular weight excluding hydrogens is 216 g/mol. The first-order chi connectivity index (χ1) is 7.74.